The molecule has 0 amide bonds. The first-order chi connectivity index (χ1) is 9.38. The van der Waals surface area contributed by atoms with E-state index < -0.39 is 0 Å². The molecular weight excluding hydrogens is 236 g/mol. The molecule has 3 heteroatoms. The van der Waals surface area contributed by atoms with Crippen LogP contribution < -0.4 is 4.74 Å². The Morgan fingerprint density at radius 3 is 3.00 bits per heavy atom. The van der Waals surface area contributed by atoms with Crippen LogP contribution in [0.5, 0.6) is 5.75 Å². The molecule has 3 aromatic rings. The number of ether oxygens (including phenoxy) is 1. The first-order valence-electron chi connectivity index (χ1n) is 6.14. The molecule has 0 saturated heterocycles. The molecule has 1 N–H and O–H groups in total. The maximum absolute atomic E-state index is 5.86. The van der Waals surface area contributed by atoms with Crippen molar-refractivity contribution >= 4 is 17.1 Å². The van der Waals surface area contributed by atoms with Crippen molar-refractivity contribution in [1.29, 1.82) is 0 Å². The number of hydrogen-bond acceptors (Lipinski definition) is 2. The lowest BCUT2D eigenvalue weighted by Gasteiger charge is -2.08. The predicted molar refractivity (Wildman–Crippen MR) is 77.0 cm³/mol. The SMILES string of the molecule is C=Cc1ccccc1OCc1c[nH]c2ncccc12. The van der Waals surface area contributed by atoms with Crippen LogP contribution in [0.1, 0.15) is 11.1 Å². The van der Waals surface area contributed by atoms with Gasteiger partial charge < -0.3 is 9.72 Å². The average molecular weight is 250 g/mol. The minimum Gasteiger partial charge on any atom is -0.488 e. The van der Waals surface area contributed by atoms with Crippen LogP contribution >= 0.6 is 0 Å². The van der Waals surface area contributed by atoms with E-state index in [1.807, 2.05) is 42.6 Å². The lowest BCUT2D eigenvalue weighted by molar-refractivity contribution is 0.307. The maximum Gasteiger partial charge on any atom is 0.137 e. The molecule has 0 bridgehead atoms. The maximum atomic E-state index is 5.86. The van der Waals surface area contributed by atoms with Gasteiger partial charge in [-0.25, -0.2) is 4.98 Å². The van der Waals surface area contributed by atoms with Crippen molar-refractivity contribution in [2.75, 3.05) is 0 Å². The zero-order chi connectivity index (χ0) is 13.1. The molecule has 0 aliphatic rings. The molecule has 2 aromatic heterocycles. The Morgan fingerprint density at radius 1 is 1.21 bits per heavy atom. The molecular formula is C16H14N2O. The zero-order valence-electron chi connectivity index (χ0n) is 10.5. The molecule has 3 rings (SSSR count). The number of hydrogen-bond donors (Lipinski definition) is 1. The third kappa shape index (κ3) is 2.22. The summed E-state index contributed by atoms with van der Waals surface area (Å²) >= 11 is 0. The molecule has 3 nitrogen and oxygen atoms in total. The van der Waals surface area contributed by atoms with Gasteiger partial charge in [0.05, 0.1) is 0 Å². The van der Waals surface area contributed by atoms with Gasteiger partial charge in [-0.05, 0) is 18.2 Å². The number of aromatic nitrogens is 2. The lowest BCUT2D eigenvalue weighted by Crippen LogP contribution is -1.96. The quantitative estimate of drug-likeness (QED) is 0.765. The highest BCUT2D eigenvalue weighted by molar-refractivity contribution is 5.79. The van der Waals surface area contributed by atoms with Crippen molar-refractivity contribution in [3.8, 4) is 5.75 Å². The van der Waals surface area contributed by atoms with Crippen molar-refractivity contribution < 1.29 is 4.74 Å². The molecule has 19 heavy (non-hydrogen) atoms. The first kappa shape index (κ1) is 11.5. The summed E-state index contributed by atoms with van der Waals surface area (Å²) in [4.78, 5) is 7.41. The summed E-state index contributed by atoms with van der Waals surface area (Å²) in [6, 6.07) is 11.8. The van der Waals surface area contributed by atoms with Gasteiger partial charge in [0.1, 0.15) is 18.0 Å². The van der Waals surface area contributed by atoms with E-state index in [0.717, 1.165) is 27.9 Å². The molecule has 94 valence electrons. The van der Waals surface area contributed by atoms with E-state index in [9.17, 15) is 0 Å². The number of benzene rings is 1. The Morgan fingerprint density at radius 2 is 2.11 bits per heavy atom. The van der Waals surface area contributed by atoms with Gasteiger partial charge in [0.25, 0.3) is 0 Å². The number of fused-ring (bicyclic) bond motifs is 1. The monoisotopic (exact) mass is 250 g/mol. The van der Waals surface area contributed by atoms with Gasteiger partial charge in [0, 0.05) is 28.9 Å². The Labute approximate surface area is 111 Å². The van der Waals surface area contributed by atoms with Gasteiger partial charge in [-0.3, -0.25) is 0 Å². The van der Waals surface area contributed by atoms with Gasteiger partial charge in [-0.2, -0.15) is 0 Å². The Hall–Kier alpha value is -2.55. The van der Waals surface area contributed by atoms with E-state index in [1.165, 1.54) is 0 Å². The number of rotatable bonds is 4. The lowest BCUT2D eigenvalue weighted by atomic mass is 10.2. The second-order valence-electron chi connectivity index (χ2n) is 4.24. The zero-order valence-corrected chi connectivity index (χ0v) is 10.5. The van der Waals surface area contributed by atoms with E-state index in [2.05, 4.69) is 16.5 Å². The fourth-order valence-electron chi connectivity index (χ4n) is 2.07. The number of pyridine rings is 1. The van der Waals surface area contributed by atoms with Crippen molar-refractivity contribution in [3.63, 3.8) is 0 Å². The van der Waals surface area contributed by atoms with Crippen LogP contribution in [0.4, 0.5) is 0 Å². The highest BCUT2D eigenvalue weighted by Gasteiger charge is 2.05. The fraction of sp³-hybridized carbons (Fsp3) is 0.0625. The van der Waals surface area contributed by atoms with Gasteiger partial charge >= 0.3 is 0 Å². The van der Waals surface area contributed by atoms with Crippen LogP contribution in [0.3, 0.4) is 0 Å². The summed E-state index contributed by atoms with van der Waals surface area (Å²) in [5.41, 5.74) is 2.99. The van der Waals surface area contributed by atoms with Crippen LogP contribution in [0.25, 0.3) is 17.1 Å². The predicted octanol–water partition coefficient (Wildman–Crippen LogP) is 3.78. The van der Waals surface area contributed by atoms with Gasteiger partial charge in [-0.15, -0.1) is 0 Å². The minimum absolute atomic E-state index is 0.510. The fourth-order valence-corrected chi connectivity index (χ4v) is 2.07. The average Bonchev–Trinajstić information content (AvgIpc) is 2.89. The molecule has 0 unspecified atom stereocenters. The molecule has 0 saturated carbocycles. The van der Waals surface area contributed by atoms with Crippen molar-refractivity contribution in [1.82, 2.24) is 9.97 Å². The van der Waals surface area contributed by atoms with Crippen molar-refractivity contribution in [3.05, 3.63) is 66.5 Å². The van der Waals surface area contributed by atoms with Crippen LogP contribution in [-0.4, -0.2) is 9.97 Å². The van der Waals surface area contributed by atoms with E-state index in [-0.39, 0.29) is 0 Å². The van der Waals surface area contributed by atoms with Gasteiger partial charge in [0.2, 0.25) is 0 Å². The molecule has 0 atom stereocenters. The van der Waals surface area contributed by atoms with E-state index in [0.29, 0.717) is 6.61 Å². The summed E-state index contributed by atoms with van der Waals surface area (Å²) in [5.74, 6) is 0.843. The van der Waals surface area contributed by atoms with E-state index in [4.69, 9.17) is 4.74 Å². The third-order valence-corrected chi connectivity index (χ3v) is 3.06. The molecule has 0 radical (unpaired) electrons. The summed E-state index contributed by atoms with van der Waals surface area (Å²) in [7, 11) is 0. The highest BCUT2D eigenvalue weighted by atomic mass is 16.5. The standard InChI is InChI=1S/C16H14N2O/c1-2-12-6-3-4-8-15(12)19-11-13-10-18-16-14(13)7-5-9-17-16/h2-10H,1,11H2,(H,17,18). The van der Waals surface area contributed by atoms with Gasteiger partial charge in [0.15, 0.2) is 0 Å². The number of H-pyrrole nitrogens is 1. The first-order valence-corrected chi connectivity index (χ1v) is 6.14. The Balaban J connectivity index is 1.84. The smallest absolute Gasteiger partial charge is 0.137 e. The molecule has 0 fully saturated rings. The van der Waals surface area contributed by atoms with Crippen LogP contribution in [0.2, 0.25) is 0 Å². The molecule has 2 heterocycles. The third-order valence-electron chi connectivity index (χ3n) is 3.06. The summed E-state index contributed by atoms with van der Waals surface area (Å²) in [6.07, 6.45) is 5.51. The van der Waals surface area contributed by atoms with Crippen LogP contribution in [-0.2, 0) is 6.61 Å². The summed E-state index contributed by atoms with van der Waals surface area (Å²) in [6.45, 7) is 4.30. The number of aromatic amines is 1. The normalized spacial score (nSPS) is 10.5. The largest absolute Gasteiger partial charge is 0.488 e. The topological polar surface area (TPSA) is 37.9 Å². The van der Waals surface area contributed by atoms with Crippen LogP contribution in [0.15, 0.2) is 55.4 Å². The molecule has 0 spiro atoms. The van der Waals surface area contributed by atoms with Crippen molar-refractivity contribution in [2.24, 2.45) is 0 Å². The van der Waals surface area contributed by atoms with E-state index in [1.54, 1.807) is 12.3 Å². The molecule has 0 aliphatic carbocycles. The number of para-hydroxylation sites is 1. The Kier molecular flexibility index (Phi) is 3.02. The Bertz CT molecular complexity index is 715. The van der Waals surface area contributed by atoms with Gasteiger partial charge in [-0.1, -0.05) is 30.9 Å². The van der Waals surface area contributed by atoms with Crippen molar-refractivity contribution in [2.45, 2.75) is 6.61 Å². The minimum atomic E-state index is 0.510. The summed E-state index contributed by atoms with van der Waals surface area (Å²) < 4.78 is 5.86. The second kappa shape index (κ2) is 4.98. The van der Waals surface area contributed by atoms with E-state index >= 15 is 0 Å². The highest BCUT2D eigenvalue weighted by Crippen LogP contribution is 2.22. The number of nitrogens with zero attached hydrogens (tertiary/aromatic N) is 1. The second-order valence-corrected chi connectivity index (χ2v) is 4.24. The number of nitrogens with one attached hydrogen (secondary N) is 1. The molecule has 1 aromatic carbocycles. The molecule has 0 aliphatic heterocycles. The summed E-state index contributed by atoms with van der Waals surface area (Å²) in [5, 5.41) is 1.10. The van der Waals surface area contributed by atoms with Crippen LogP contribution in [0, 0.1) is 0 Å².